The van der Waals surface area contributed by atoms with Gasteiger partial charge in [0.05, 0.1) is 0 Å². The number of halogens is 1. The molecule has 0 heterocycles. The Morgan fingerprint density at radius 3 is 2.45 bits per heavy atom. The van der Waals surface area contributed by atoms with E-state index in [1.165, 1.54) is 0 Å². The van der Waals surface area contributed by atoms with Gasteiger partial charge in [-0.3, -0.25) is 4.79 Å². The SMILES string of the molecule is CC(C)(F)C1=CC[C@@](C)(C2(C)CC2C(=O)C2CC2)C=C1. The molecule has 0 spiro atoms. The molecule has 2 heteroatoms. The van der Waals surface area contributed by atoms with Crippen molar-refractivity contribution in [1.82, 2.24) is 0 Å². The highest BCUT2D eigenvalue weighted by atomic mass is 19.1. The van der Waals surface area contributed by atoms with Crippen molar-refractivity contribution in [3.05, 3.63) is 23.8 Å². The molecule has 2 fully saturated rings. The molecule has 110 valence electrons. The van der Waals surface area contributed by atoms with E-state index in [4.69, 9.17) is 0 Å². The number of hydrogen-bond acceptors (Lipinski definition) is 1. The van der Waals surface area contributed by atoms with Crippen LogP contribution in [0.2, 0.25) is 0 Å². The van der Waals surface area contributed by atoms with Crippen molar-refractivity contribution in [1.29, 1.82) is 0 Å². The van der Waals surface area contributed by atoms with Crippen LogP contribution in [0.1, 0.15) is 53.4 Å². The fourth-order valence-corrected chi connectivity index (χ4v) is 3.66. The molecule has 3 atom stereocenters. The van der Waals surface area contributed by atoms with E-state index in [2.05, 4.69) is 19.9 Å². The molecule has 2 unspecified atom stereocenters. The zero-order valence-corrected chi connectivity index (χ0v) is 13.0. The van der Waals surface area contributed by atoms with Crippen LogP contribution in [0.5, 0.6) is 0 Å². The Bertz CT molecular complexity index is 506. The van der Waals surface area contributed by atoms with Gasteiger partial charge in [0.1, 0.15) is 11.5 Å². The summed E-state index contributed by atoms with van der Waals surface area (Å²) in [5, 5.41) is 0. The van der Waals surface area contributed by atoms with Gasteiger partial charge in [-0.15, -0.1) is 0 Å². The average Bonchev–Trinajstić information content (AvgIpc) is 3.21. The van der Waals surface area contributed by atoms with E-state index in [-0.39, 0.29) is 16.7 Å². The maximum absolute atomic E-state index is 14.0. The molecule has 3 aliphatic carbocycles. The summed E-state index contributed by atoms with van der Waals surface area (Å²) in [4.78, 5) is 12.3. The molecule has 20 heavy (non-hydrogen) atoms. The maximum atomic E-state index is 14.0. The normalized spacial score (nSPS) is 40.5. The van der Waals surface area contributed by atoms with Crippen molar-refractivity contribution in [3.8, 4) is 0 Å². The first-order valence-electron chi connectivity index (χ1n) is 7.80. The Labute approximate surface area is 121 Å². The van der Waals surface area contributed by atoms with Crippen LogP contribution < -0.4 is 0 Å². The summed E-state index contributed by atoms with van der Waals surface area (Å²) >= 11 is 0. The van der Waals surface area contributed by atoms with Crippen molar-refractivity contribution >= 4 is 5.78 Å². The Balaban J connectivity index is 1.74. The lowest BCUT2D eigenvalue weighted by molar-refractivity contribution is -0.122. The van der Waals surface area contributed by atoms with Crippen LogP contribution in [0.4, 0.5) is 4.39 Å². The van der Waals surface area contributed by atoms with Crippen LogP contribution >= 0.6 is 0 Å². The van der Waals surface area contributed by atoms with E-state index >= 15 is 0 Å². The minimum Gasteiger partial charge on any atom is -0.299 e. The second-order valence-electron chi connectivity index (χ2n) is 7.94. The van der Waals surface area contributed by atoms with Crippen molar-refractivity contribution in [2.24, 2.45) is 22.7 Å². The van der Waals surface area contributed by atoms with E-state index in [1.54, 1.807) is 13.8 Å². The molecule has 0 saturated heterocycles. The molecule has 0 aliphatic heterocycles. The summed E-state index contributed by atoms with van der Waals surface area (Å²) in [6.45, 7) is 7.66. The zero-order valence-electron chi connectivity index (χ0n) is 13.0. The first-order chi connectivity index (χ1) is 9.17. The molecular weight excluding hydrogens is 251 g/mol. The van der Waals surface area contributed by atoms with Crippen molar-refractivity contribution in [2.75, 3.05) is 0 Å². The van der Waals surface area contributed by atoms with Gasteiger partial charge in [-0.05, 0) is 55.9 Å². The van der Waals surface area contributed by atoms with Gasteiger partial charge in [-0.2, -0.15) is 0 Å². The van der Waals surface area contributed by atoms with Gasteiger partial charge < -0.3 is 0 Å². The van der Waals surface area contributed by atoms with E-state index in [9.17, 15) is 9.18 Å². The fraction of sp³-hybridized carbons (Fsp3) is 0.722. The molecule has 2 saturated carbocycles. The lowest BCUT2D eigenvalue weighted by atomic mass is 9.68. The highest BCUT2D eigenvalue weighted by Gasteiger charge is 2.64. The Morgan fingerprint density at radius 1 is 1.35 bits per heavy atom. The van der Waals surface area contributed by atoms with Gasteiger partial charge in [-0.1, -0.05) is 32.1 Å². The van der Waals surface area contributed by atoms with Gasteiger partial charge in [0.2, 0.25) is 0 Å². The third kappa shape index (κ3) is 2.08. The molecule has 0 aromatic rings. The number of carbonyl (C=O) groups is 1. The molecule has 0 aromatic carbocycles. The van der Waals surface area contributed by atoms with E-state index in [1.807, 2.05) is 12.2 Å². The minimum atomic E-state index is -1.27. The molecule has 3 rings (SSSR count). The first kappa shape index (κ1) is 14.0. The molecule has 1 nitrogen and oxygen atoms in total. The highest BCUT2D eigenvalue weighted by Crippen LogP contribution is 2.67. The number of rotatable bonds is 4. The third-order valence-corrected chi connectivity index (χ3v) is 5.93. The quantitative estimate of drug-likeness (QED) is 0.731. The molecule has 3 aliphatic rings. The highest BCUT2D eigenvalue weighted by molar-refractivity contribution is 5.89. The Hall–Kier alpha value is -0.920. The third-order valence-electron chi connectivity index (χ3n) is 5.93. The number of ketones is 1. The van der Waals surface area contributed by atoms with E-state index in [0.29, 0.717) is 11.7 Å². The predicted octanol–water partition coefficient (Wildman–Crippen LogP) is 4.63. The second-order valence-corrected chi connectivity index (χ2v) is 7.94. The number of allylic oxidation sites excluding steroid dienone is 4. The first-order valence-corrected chi connectivity index (χ1v) is 7.80. The summed E-state index contributed by atoms with van der Waals surface area (Å²) in [7, 11) is 0. The number of hydrogen-bond donors (Lipinski definition) is 0. The van der Waals surface area contributed by atoms with Crippen LogP contribution in [0.25, 0.3) is 0 Å². The largest absolute Gasteiger partial charge is 0.299 e. The maximum Gasteiger partial charge on any atom is 0.139 e. The van der Waals surface area contributed by atoms with E-state index < -0.39 is 5.67 Å². The molecule has 0 bridgehead atoms. The number of alkyl halides is 1. The molecule has 0 aromatic heterocycles. The summed E-state index contributed by atoms with van der Waals surface area (Å²) < 4.78 is 14.0. The topological polar surface area (TPSA) is 17.1 Å². The minimum absolute atomic E-state index is 0.00301. The van der Waals surface area contributed by atoms with Gasteiger partial charge in [-0.25, -0.2) is 4.39 Å². The fourth-order valence-electron chi connectivity index (χ4n) is 3.66. The van der Waals surface area contributed by atoms with Crippen LogP contribution in [-0.2, 0) is 4.79 Å². The summed E-state index contributed by atoms with van der Waals surface area (Å²) in [6, 6.07) is 0. The van der Waals surface area contributed by atoms with Gasteiger partial charge in [0.25, 0.3) is 0 Å². The smallest absolute Gasteiger partial charge is 0.139 e. The van der Waals surface area contributed by atoms with E-state index in [0.717, 1.165) is 31.3 Å². The molecule has 0 N–H and O–H groups in total. The Kier molecular flexibility index (Phi) is 2.84. The monoisotopic (exact) mass is 276 g/mol. The summed E-state index contributed by atoms with van der Waals surface area (Å²) in [5.41, 5.74) is -0.432. The lowest BCUT2D eigenvalue weighted by Gasteiger charge is -2.37. The van der Waals surface area contributed by atoms with Gasteiger partial charge in [0.15, 0.2) is 0 Å². The summed E-state index contributed by atoms with van der Waals surface area (Å²) in [6.07, 6.45) is 10.2. The van der Waals surface area contributed by atoms with Crippen LogP contribution in [0.15, 0.2) is 23.8 Å². The van der Waals surface area contributed by atoms with Crippen molar-refractivity contribution in [3.63, 3.8) is 0 Å². The zero-order chi connectivity index (χ0) is 14.8. The Morgan fingerprint density at radius 2 is 2.00 bits per heavy atom. The molecule has 0 radical (unpaired) electrons. The standard InChI is InChI=1S/C18H25FO/c1-16(2,19)13-7-9-17(3,10-8-13)18(4)11-14(18)15(20)12-5-6-12/h7-9,12,14H,5-6,10-11H2,1-4H3/t14?,17-,18?/m0/s1. The van der Waals surface area contributed by atoms with Gasteiger partial charge in [0, 0.05) is 11.8 Å². The van der Waals surface area contributed by atoms with Crippen molar-refractivity contribution < 1.29 is 9.18 Å². The summed E-state index contributed by atoms with van der Waals surface area (Å²) in [5.74, 6) is 1.08. The van der Waals surface area contributed by atoms with Crippen LogP contribution in [-0.4, -0.2) is 11.5 Å². The second kappa shape index (κ2) is 4.05. The average molecular weight is 276 g/mol. The molecule has 0 amide bonds. The number of Topliss-reactive ketones (excluding diaryl/α,β-unsaturated/α-hetero) is 1. The predicted molar refractivity (Wildman–Crippen MR) is 79.1 cm³/mol. The van der Waals surface area contributed by atoms with Gasteiger partial charge >= 0.3 is 0 Å². The number of carbonyl (C=O) groups excluding carboxylic acids is 1. The lowest BCUT2D eigenvalue weighted by Crippen LogP contribution is -2.30. The van der Waals surface area contributed by atoms with Crippen LogP contribution in [0.3, 0.4) is 0 Å². The van der Waals surface area contributed by atoms with Crippen molar-refractivity contribution in [2.45, 2.75) is 59.0 Å². The van der Waals surface area contributed by atoms with Crippen LogP contribution in [0, 0.1) is 22.7 Å². The molecular formula is C18H25FO.